The standard InChI is InChI=1S/C14H21NO2S2/c1-10-6-4-5-7-12(10)19-9-14(17)15-11(2)13(8-16)18-3/h4-7,11,13,16H,8-9H2,1-3H3,(H,15,17). The third kappa shape index (κ3) is 5.47. The second kappa shape index (κ2) is 8.51. The minimum atomic E-state index is -0.0232. The summed E-state index contributed by atoms with van der Waals surface area (Å²) < 4.78 is 0. The van der Waals surface area contributed by atoms with Crippen molar-refractivity contribution in [1.82, 2.24) is 5.32 Å². The molecule has 1 aromatic rings. The van der Waals surface area contributed by atoms with Gasteiger partial charge in [0.05, 0.1) is 12.4 Å². The highest BCUT2D eigenvalue weighted by molar-refractivity contribution is 8.00. The van der Waals surface area contributed by atoms with Gasteiger partial charge in [0.15, 0.2) is 0 Å². The lowest BCUT2D eigenvalue weighted by atomic mass is 10.2. The highest BCUT2D eigenvalue weighted by atomic mass is 32.2. The van der Waals surface area contributed by atoms with Crippen molar-refractivity contribution in [1.29, 1.82) is 0 Å². The average molecular weight is 299 g/mol. The maximum atomic E-state index is 11.9. The number of amides is 1. The van der Waals surface area contributed by atoms with Crippen LogP contribution < -0.4 is 5.32 Å². The number of carbonyl (C=O) groups excluding carboxylic acids is 1. The fourth-order valence-corrected chi connectivity index (χ4v) is 3.15. The third-order valence-corrected chi connectivity index (χ3v) is 5.22. The number of carbonyl (C=O) groups is 1. The summed E-state index contributed by atoms with van der Waals surface area (Å²) in [5, 5.41) is 12.2. The summed E-state index contributed by atoms with van der Waals surface area (Å²) in [5.41, 5.74) is 1.19. The molecule has 1 rings (SSSR count). The SMILES string of the molecule is CSC(CO)C(C)NC(=O)CSc1ccccc1C. The Morgan fingerprint density at radius 1 is 1.42 bits per heavy atom. The smallest absolute Gasteiger partial charge is 0.230 e. The summed E-state index contributed by atoms with van der Waals surface area (Å²) in [6.07, 6.45) is 1.94. The number of hydrogen-bond donors (Lipinski definition) is 2. The van der Waals surface area contributed by atoms with Crippen LogP contribution in [0.5, 0.6) is 0 Å². The maximum absolute atomic E-state index is 11.9. The fourth-order valence-electron chi connectivity index (χ4n) is 1.69. The summed E-state index contributed by atoms with van der Waals surface area (Å²) >= 11 is 3.11. The molecule has 0 aliphatic heterocycles. The minimum Gasteiger partial charge on any atom is -0.395 e. The molecule has 0 saturated carbocycles. The third-order valence-electron chi connectivity index (χ3n) is 2.88. The Bertz CT molecular complexity index is 408. The normalized spacial score (nSPS) is 13.9. The largest absolute Gasteiger partial charge is 0.395 e. The molecule has 1 aromatic carbocycles. The molecule has 2 unspecified atom stereocenters. The molecule has 2 N–H and O–H groups in total. The highest BCUT2D eigenvalue weighted by Crippen LogP contribution is 2.21. The van der Waals surface area contributed by atoms with Crippen molar-refractivity contribution in [2.24, 2.45) is 0 Å². The van der Waals surface area contributed by atoms with E-state index in [1.165, 1.54) is 5.56 Å². The molecule has 0 aliphatic rings. The van der Waals surface area contributed by atoms with E-state index in [1.54, 1.807) is 23.5 Å². The number of aliphatic hydroxyl groups excluding tert-OH is 1. The Morgan fingerprint density at radius 3 is 2.68 bits per heavy atom. The number of aliphatic hydroxyl groups is 1. The molecule has 0 bridgehead atoms. The van der Waals surface area contributed by atoms with E-state index < -0.39 is 0 Å². The molecule has 5 heteroatoms. The van der Waals surface area contributed by atoms with E-state index in [-0.39, 0.29) is 23.8 Å². The zero-order valence-electron chi connectivity index (χ0n) is 11.6. The van der Waals surface area contributed by atoms with Crippen molar-refractivity contribution < 1.29 is 9.90 Å². The Balaban J connectivity index is 2.42. The van der Waals surface area contributed by atoms with Gasteiger partial charge >= 0.3 is 0 Å². The molecule has 19 heavy (non-hydrogen) atoms. The van der Waals surface area contributed by atoms with Gasteiger partial charge in [-0.1, -0.05) is 18.2 Å². The van der Waals surface area contributed by atoms with E-state index >= 15 is 0 Å². The van der Waals surface area contributed by atoms with Crippen LogP contribution in [0.4, 0.5) is 0 Å². The van der Waals surface area contributed by atoms with Gasteiger partial charge in [0.1, 0.15) is 0 Å². The van der Waals surface area contributed by atoms with Gasteiger partial charge in [0.2, 0.25) is 5.91 Å². The van der Waals surface area contributed by atoms with Crippen LogP contribution in [-0.2, 0) is 4.79 Å². The summed E-state index contributed by atoms with van der Waals surface area (Å²) in [4.78, 5) is 13.0. The van der Waals surface area contributed by atoms with E-state index in [0.29, 0.717) is 5.75 Å². The van der Waals surface area contributed by atoms with Crippen LogP contribution in [0, 0.1) is 6.92 Å². The second-order valence-electron chi connectivity index (χ2n) is 4.37. The summed E-state index contributed by atoms with van der Waals surface area (Å²) in [5.74, 6) is 0.412. The lowest BCUT2D eigenvalue weighted by Crippen LogP contribution is -2.42. The van der Waals surface area contributed by atoms with Gasteiger partial charge in [0, 0.05) is 16.2 Å². The number of thioether (sulfide) groups is 2. The Morgan fingerprint density at radius 2 is 2.11 bits per heavy atom. The minimum absolute atomic E-state index is 0.00764. The van der Waals surface area contributed by atoms with Crippen LogP contribution >= 0.6 is 23.5 Å². The zero-order valence-corrected chi connectivity index (χ0v) is 13.2. The van der Waals surface area contributed by atoms with Gasteiger partial charge in [-0.05, 0) is 31.7 Å². The molecule has 0 aliphatic carbocycles. The van der Waals surface area contributed by atoms with E-state index in [0.717, 1.165) is 4.90 Å². The molecule has 0 saturated heterocycles. The number of aryl methyl sites for hydroxylation is 1. The first-order valence-electron chi connectivity index (χ1n) is 6.20. The first kappa shape index (κ1) is 16.4. The van der Waals surface area contributed by atoms with E-state index in [2.05, 4.69) is 5.32 Å². The van der Waals surface area contributed by atoms with Gasteiger partial charge in [-0.3, -0.25) is 4.79 Å². The Labute approximate surface area is 123 Å². The first-order valence-corrected chi connectivity index (χ1v) is 8.47. The van der Waals surface area contributed by atoms with Gasteiger partial charge in [-0.25, -0.2) is 0 Å². The Hall–Kier alpha value is -0.650. The van der Waals surface area contributed by atoms with E-state index in [9.17, 15) is 9.90 Å². The van der Waals surface area contributed by atoms with Gasteiger partial charge < -0.3 is 10.4 Å². The van der Waals surface area contributed by atoms with Crippen molar-refractivity contribution >= 4 is 29.4 Å². The number of benzene rings is 1. The summed E-state index contributed by atoms with van der Waals surface area (Å²) in [6, 6.07) is 8.01. The fraction of sp³-hybridized carbons (Fsp3) is 0.500. The molecule has 0 spiro atoms. The lowest BCUT2D eigenvalue weighted by molar-refractivity contribution is -0.119. The quantitative estimate of drug-likeness (QED) is 0.759. The Kier molecular flexibility index (Phi) is 7.34. The van der Waals surface area contributed by atoms with E-state index in [1.807, 2.05) is 44.4 Å². The molecular formula is C14H21NO2S2. The van der Waals surface area contributed by atoms with Gasteiger partial charge in [-0.2, -0.15) is 11.8 Å². The molecule has 0 heterocycles. The van der Waals surface area contributed by atoms with Crippen molar-refractivity contribution in [2.75, 3.05) is 18.6 Å². The van der Waals surface area contributed by atoms with Gasteiger partial charge in [-0.15, -0.1) is 11.8 Å². The summed E-state index contributed by atoms with van der Waals surface area (Å²) in [7, 11) is 0. The van der Waals surface area contributed by atoms with Crippen LogP contribution in [0.2, 0.25) is 0 Å². The molecule has 106 valence electrons. The van der Waals surface area contributed by atoms with Gasteiger partial charge in [0.25, 0.3) is 0 Å². The van der Waals surface area contributed by atoms with Crippen LogP contribution in [-0.4, -0.2) is 40.9 Å². The highest BCUT2D eigenvalue weighted by Gasteiger charge is 2.17. The topological polar surface area (TPSA) is 49.3 Å². The molecule has 1 amide bonds. The van der Waals surface area contributed by atoms with E-state index in [4.69, 9.17) is 0 Å². The van der Waals surface area contributed by atoms with Crippen molar-refractivity contribution in [3.05, 3.63) is 29.8 Å². The lowest BCUT2D eigenvalue weighted by Gasteiger charge is -2.21. The number of rotatable bonds is 7. The molecular weight excluding hydrogens is 278 g/mol. The molecule has 3 nitrogen and oxygen atoms in total. The van der Waals surface area contributed by atoms with Crippen molar-refractivity contribution in [3.63, 3.8) is 0 Å². The molecule has 0 radical (unpaired) electrons. The molecule has 2 atom stereocenters. The first-order chi connectivity index (χ1) is 9.08. The van der Waals surface area contributed by atoms with Crippen LogP contribution in [0.3, 0.4) is 0 Å². The predicted octanol–water partition coefficient (Wildman–Crippen LogP) is 2.32. The maximum Gasteiger partial charge on any atom is 0.230 e. The van der Waals surface area contributed by atoms with Crippen molar-refractivity contribution in [3.8, 4) is 0 Å². The van der Waals surface area contributed by atoms with Crippen LogP contribution in [0.1, 0.15) is 12.5 Å². The molecule has 0 fully saturated rings. The summed E-state index contributed by atoms with van der Waals surface area (Å²) in [6.45, 7) is 4.04. The zero-order chi connectivity index (χ0) is 14.3. The average Bonchev–Trinajstić information content (AvgIpc) is 2.39. The van der Waals surface area contributed by atoms with Crippen LogP contribution in [0.15, 0.2) is 29.2 Å². The van der Waals surface area contributed by atoms with Crippen LogP contribution in [0.25, 0.3) is 0 Å². The molecule has 0 aromatic heterocycles. The number of nitrogens with one attached hydrogen (secondary N) is 1. The van der Waals surface area contributed by atoms with Crippen molar-refractivity contribution in [2.45, 2.75) is 30.0 Å². The predicted molar refractivity (Wildman–Crippen MR) is 83.9 cm³/mol. The monoisotopic (exact) mass is 299 g/mol. The second-order valence-corrected chi connectivity index (χ2v) is 6.46. The number of hydrogen-bond acceptors (Lipinski definition) is 4.